The van der Waals surface area contributed by atoms with Crippen molar-refractivity contribution in [3.05, 3.63) is 0 Å². The minimum Gasteiger partial charge on any atom is -0.379 e. The highest BCUT2D eigenvalue weighted by atomic mass is 32.2. The van der Waals surface area contributed by atoms with Gasteiger partial charge in [0.2, 0.25) is 0 Å². The molecule has 1 N–H and O–H groups in total. The van der Waals surface area contributed by atoms with E-state index in [1.54, 1.807) is 0 Å². The molecular weight excluding hydrogens is 194 g/mol. The Morgan fingerprint density at radius 3 is 2.64 bits per heavy atom. The standard InChI is InChI=1S/C11H21NOS/c1-8-3-4-10(12-2)11(5-8)14-9-6-13-7-9/h8-12H,3-7H2,1-2H3. The van der Waals surface area contributed by atoms with Gasteiger partial charge in [0, 0.05) is 11.3 Å². The maximum Gasteiger partial charge on any atom is 0.0608 e. The van der Waals surface area contributed by atoms with Crippen LogP contribution in [0.25, 0.3) is 0 Å². The van der Waals surface area contributed by atoms with E-state index in [0.717, 1.165) is 35.7 Å². The van der Waals surface area contributed by atoms with Crippen molar-refractivity contribution in [1.29, 1.82) is 0 Å². The first-order chi connectivity index (χ1) is 6.79. The number of hydrogen-bond donors (Lipinski definition) is 1. The summed E-state index contributed by atoms with van der Waals surface area (Å²) < 4.78 is 5.23. The van der Waals surface area contributed by atoms with Crippen LogP contribution >= 0.6 is 11.8 Å². The van der Waals surface area contributed by atoms with Crippen LogP contribution in [0.5, 0.6) is 0 Å². The fraction of sp³-hybridized carbons (Fsp3) is 1.00. The van der Waals surface area contributed by atoms with E-state index in [0.29, 0.717) is 0 Å². The summed E-state index contributed by atoms with van der Waals surface area (Å²) >= 11 is 2.16. The van der Waals surface area contributed by atoms with Gasteiger partial charge < -0.3 is 10.1 Å². The van der Waals surface area contributed by atoms with Crippen molar-refractivity contribution >= 4 is 11.8 Å². The van der Waals surface area contributed by atoms with E-state index in [4.69, 9.17) is 4.74 Å². The molecule has 3 heteroatoms. The zero-order valence-corrected chi connectivity index (χ0v) is 9.98. The molecule has 2 fully saturated rings. The average molecular weight is 215 g/mol. The van der Waals surface area contributed by atoms with Gasteiger partial charge in [-0.25, -0.2) is 0 Å². The molecular formula is C11H21NOS. The van der Waals surface area contributed by atoms with Crippen LogP contribution in [-0.2, 0) is 4.74 Å². The lowest BCUT2D eigenvalue weighted by Gasteiger charge is -2.38. The first kappa shape index (κ1) is 10.8. The van der Waals surface area contributed by atoms with Gasteiger partial charge in [0.1, 0.15) is 0 Å². The number of nitrogens with one attached hydrogen (secondary N) is 1. The molecule has 1 saturated carbocycles. The maximum atomic E-state index is 5.23. The summed E-state index contributed by atoms with van der Waals surface area (Å²) in [5.41, 5.74) is 0. The van der Waals surface area contributed by atoms with E-state index in [1.807, 2.05) is 0 Å². The van der Waals surface area contributed by atoms with E-state index in [9.17, 15) is 0 Å². The highest BCUT2D eigenvalue weighted by Gasteiger charge is 2.32. The molecule has 0 aromatic rings. The van der Waals surface area contributed by atoms with Gasteiger partial charge in [-0.3, -0.25) is 0 Å². The van der Waals surface area contributed by atoms with Crippen LogP contribution in [0.1, 0.15) is 26.2 Å². The maximum absolute atomic E-state index is 5.23. The Morgan fingerprint density at radius 1 is 1.29 bits per heavy atom. The molecule has 3 unspecified atom stereocenters. The number of hydrogen-bond acceptors (Lipinski definition) is 3. The Bertz CT molecular complexity index is 184. The lowest BCUT2D eigenvalue weighted by molar-refractivity contribution is 0.0450. The molecule has 0 spiro atoms. The van der Waals surface area contributed by atoms with Crippen molar-refractivity contribution in [2.45, 2.75) is 42.7 Å². The molecule has 2 rings (SSSR count). The Balaban J connectivity index is 1.84. The number of ether oxygens (including phenoxy) is 1. The minimum atomic E-state index is 0.733. The minimum absolute atomic E-state index is 0.733. The Hall–Kier alpha value is 0.270. The lowest BCUT2D eigenvalue weighted by Crippen LogP contribution is -2.43. The van der Waals surface area contributed by atoms with Crippen LogP contribution in [0.3, 0.4) is 0 Å². The highest BCUT2D eigenvalue weighted by Crippen LogP contribution is 2.36. The van der Waals surface area contributed by atoms with E-state index in [1.165, 1.54) is 19.3 Å². The first-order valence-electron chi connectivity index (χ1n) is 5.70. The van der Waals surface area contributed by atoms with Crippen LogP contribution in [0.2, 0.25) is 0 Å². The molecule has 1 heterocycles. The van der Waals surface area contributed by atoms with Gasteiger partial charge in [-0.15, -0.1) is 11.8 Å². The second kappa shape index (κ2) is 4.86. The smallest absolute Gasteiger partial charge is 0.0608 e. The van der Waals surface area contributed by atoms with Crippen LogP contribution in [0.15, 0.2) is 0 Å². The fourth-order valence-corrected chi connectivity index (χ4v) is 4.09. The van der Waals surface area contributed by atoms with Crippen molar-refractivity contribution in [2.24, 2.45) is 5.92 Å². The third-order valence-electron chi connectivity index (χ3n) is 3.40. The van der Waals surface area contributed by atoms with E-state index < -0.39 is 0 Å². The van der Waals surface area contributed by atoms with Crippen molar-refractivity contribution in [3.63, 3.8) is 0 Å². The quantitative estimate of drug-likeness (QED) is 0.777. The van der Waals surface area contributed by atoms with Crippen LogP contribution in [0.4, 0.5) is 0 Å². The van der Waals surface area contributed by atoms with Crippen molar-refractivity contribution in [1.82, 2.24) is 5.32 Å². The molecule has 2 aliphatic rings. The monoisotopic (exact) mass is 215 g/mol. The van der Waals surface area contributed by atoms with E-state index >= 15 is 0 Å². The Labute approximate surface area is 91.2 Å². The van der Waals surface area contributed by atoms with Gasteiger partial charge in [0.15, 0.2) is 0 Å². The Morgan fingerprint density at radius 2 is 2.07 bits per heavy atom. The summed E-state index contributed by atoms with van der Waals surface area (Å²) in [4.78, 5) is 0. The summed E-state index contributed by atoms with van der Waals surface area (Å²) in [6.45, 7) is 4.34. The first-order valence-corrected chi connectivity index (χ1v) is 6.64. The summed E-state index contributed by atoms with van der Waals surface area (Å²) in [6, 6.07) is 0.733. The van der Waals surface area contributed by atoms with Gasteiger partial charge in [-0.2, -0.15) is 0 Å². The molecule has 1 aliphatic heterocycles. The molecule has 1 saturated heterocycles. The van der Waals surface area contributed by atoms with E-state index in [2.05, 4.69) is 31.1 Å². The number of rotatable bonds is 3. The lowest BCUT2D eigenvalue weighted by atomic mass is 9.87. The average Bonchev–Trinajstić information content (AvgIpc) is 2.12. The van der Waals surface area contributed by atoms with Gasteiger partial charge in [0.05, 0.1) is 18.5 Å². The van der Waals surface area contributed by atoms with Gasteiger partial charge in [-0.1, -0.05) is 6.92 Å². The van der Waals surface area contributed by atoms with Crippen molar-refractivity contribution in [3.8, 4) is 0 Å². The normalized spacial score (nSPS) is 39.4. The largest absolute Gasteiger partial charge is 0.379 e. The zero-order valence-electron chi connectivity index (χ0n) is 9.16. The zero-order chi connectivity index (χ0) is 9.97. The molecule has 0 bridgehead atoms. The molecule has 0 aromatic carbocycles. The van der Waals surface area contributed by atoms with Gasteiger partial charge in [0.25, 0.3) is 0 Å². The topological polar surface area (TPSA) is 21.3 Å². The van der Waals surface area contributed by atoms with Crippen molar-refractivity contribution in [2.75, 3.05) is 20.3 Å². The van der Waals surface area contributed by atoms with Crippen LogP contribution < -0.4 is 5.32 Å². The molecule has 0 aromatic heterocycles. The fourth-order valence-electron chi connectivity index (χ4n) is 2.35. The van der Waals surface area contributed by atoms with E-state index in [-0.39, 0.29) is 0 Å². The molecule has 1 aliphatic carbocycles. The van der Waals surface area contributed by atoms with Crippen LogP contribution in [0, 0.1) is 5.92 Å². The summed E-state index contributed by atoms with van der Waals surface area (Å²) in [5.74, 6) is 0.915. The molecule has 14 heavy (non-hydrogen) atoms. The SMILES string of the molecule is CNC1CCC(C)CC1SC1COC1. The molecule has 0 amide bonds. The molecule has 2 nitrogen and oxygen atoms in total. The second-order valence-electron chi connectivity index (χ2n) is 4.65. The van der Waals surface area contributed by atoms with Gasteiger partial charge in [-0.05, 0) is 32.2 Å². The van der Waals surface area contributed by atoms with Gasteiger partial charge >= 0.3 is 0 Å². The van der Waals surface area contributed by atoms with Crippen LogP contribution in [-0.4, -0.2) is 36.8 Å². The summed E-state index contributed by atoms with van der Waals surface area (Å²) in [7, 11) is 2.10. The molecule has 0 radical (unpaired) electrons. The highest BCUT2D eigenvalue weighted by molar-refractivity contribution is 8.00. The molecule has 3 atom stereocenters. The summed E-state index contributed by atoms with van der Waals surface area (Å²) in [6.07, 6.45) is 4.12. The molecule has 82 valence electrons. The predicted molar refractivity (Wildman–Crippen MR) is 61.8 cm³/mol. The predicted octanol–water partition coefficient (Wildman–Crippen LogP) is 1.89. The second-order valence-corrected chi connectivity index (χ2v) is 6.19. The third kappa shape index (κ3) is 2.44. The third-order valence-corrected chi connectivity index (χ3v) is 4.93. The Kier molecular flexibility index (Phi) is 3.74. The van der Waals surface area contributed by atoms with Crippen molar-refractivity contribution < 1.29 is 4.74 Å². The summed E-state index contributed by atoms with van der Waals surface area (Å²) in [5, 5.41) is 5.06. The number of thioether (sulfide) groups is 1.